The lowest BCUT2D eigenvalue weighted by Crippen LogP contribution is -2.45. The largest absolute Gasteiger partial charge is 0.379 e. The van der Waals surface area contributed by atoms with Gasteiger partial charge in [0.1, 0.15) is 0 Å². The summed E-state index contributed by atoms with van der Waals surface area (Å²) >= 11 is 0. The summed E-state index contributed by atoms with van der Waals surface area (Å²) in [4.78, 5) is 15.4. The summed E-state index contributed by atoms with van der Waals surface area (Å²) in [5, 5.41) is 3.02. The maximum Gasteiger partial charge on any atom is 0.251 e. The van der Waals surface area contributed by atoms with Gasteiger partial charge in [0.25, 0.3) is 5.91 Å². The molecule has 3 rings (SSSR count). The van der Waals surface area contributed by atoms with E-state index in [2.05, 4.69) is 36.2 Å². The molecule has 0 radical (unpaired) electrons. The Labute approximate surface area is 191 Å². The third-order valence-electron chi connectivity index (χ3n) is 5.85. The maximum absolute atomic E-state index is 12.9. The zero-order chi connectivity index (χ0) is 23.0. The molecule has 1 saturated heterocycles. The monoisotopic (exact) mass is 459 g/mol. The van der Waals surface area contributed by atoms with Crippen LogP contribution < -0.4 is 5.32 Å². The van der Waals surface area contributed by atoms with Crippen LogP contribution in [0.5, 0.6) is 0 Å². The molecule has 0 spiro atoms. The summed E-state index contributed by atoms with van der Waals surface area (Å²) in [6.07, 6.45) is 0.828. The first-order chi connectivity index (χ1) is 15.5. The number of amides is 1. The fourth-order valence-electron chi connectivity index (χ4n) is 4.00. The second kappa shape index (κ2) is 11.6. The normalized spacial score (nSPS) is 16.1. The first-order valence-corrected chi connectivity index (χ1v) is 12.6. The molecule has 1 amide bonds. The summed E-state index contributed by atoms with van der Waals surface area (Å²) in [5.41, 5.74) is 1.56. The molecular formula is C24H33N3O4S. The average Bonchev–Trinajstić information content (AvgIpc) is 2.84. The van der Waals surface area contributed by atoms with Crippen LogP contribution >= 0.6 is 0 Å². The van der Waals surface area contributed by atoms with Gasteiger partial charge in [0, 0.05) is 31.2 Å². The quantitative estimate of drug-likeness (QED) is 0.590. The van der Waals surface area contributed by atoms with Crippen molar-refractivity contribution in [2.24, 2.45) is 0 Å². The second-order valence-corrected chi connectivity index (χ2v) is 9.76. The van der Waals surface area contributed by atoms with Crippen molar-refractivity contribution in [3.05, 3.63) is 65.7 Å². The third kappa shape index (κ3) is 6.16. The Hall–Kier alpha value is -2.26. The Balaban J connectivity index is 1.70. The van der Waals surface area contributed by atoms with Gasteiger partial charge in [0.05, 0.1) is 18.1 Å². The van der Waals surface area contributed by atoms with E-state index in [4.69, 9.17) is 4.74 Å². The predicted octanol–water partition coefficient (Wildman–Crippen LogP) is 2.39. The smallest absolute Gasteiger partial charge is 0.251 e. The van der Waals surface area contributed by atoms with Crippen LogP contribution in [-0.2, 0) is 21.2 Å². The molecule has 0 aromatic heterocycles. The lowest BCUT2D eigenvalue weighted by molar-refractivity contribution is 0.0730. The number of benzene rings is 2. The van der Waals surface area contributed by atoms with Gasteiger partial charge in [0.15, 0.2) is 0 Å². The zero-order valence-corrected chi connectivity index (χ0v) is 19.7. The van der Waals surface area contributed by atoms with Gasteiger partial charge >= 0.3 is 0 Å². The molecule has 0 unspecified atom stereocenters. The zero-order valence-electron chi connectivity index (χ0n) is 18.9. The van der Waals surface area contributed by atoms with Gasteiger partial charge in [0.2, 0.25) is 10.0 Å². The van der Waals surface area contributed by atoms with Crippen molar-refractivity contribution in [1.29, 1.82) is 0 Å². The van der Waals surface area contributed by atoms with Crippen LogP contribution in [0.1, 0.15) is 29.8 Å². The molecule has 1 aliphatic rings. The minimum atomic E-state index is -3.65. The summed E-state index contributed by atoms with van der Waals surface area (Å²) in [6.45, 7) is 7.89. The molecule has 1 aliphatic heterocycles. The van der Waals surface area contributed by atoms with E-state index >= 15 is 0 Å². The van der Waals surface area contributed by atoms with Crippen molar-refractivity contribution >= 4 is 15.9 Å². The fraction of sp³-hybridized carbons (Fsp3) is 0.458. The fourth-order valence-corrected chi connectivity index (χ4v) is 5.46. The van der Waals surface area contributed by atoms with Crippen molar-refractivity contribution in [1.82, 2.24) is 14.5 Å². The number of hydrogen-bond acceptors (Lipinski definition) is 5. The van der Waals surface area contributed by atoms with Crippen LogP contribution in [0.2, 0.25) is 0 Å². The van der Waals surface area contributed by atoms with Gasteiger partial charge in [-0.1, -0.05) is 50.2 Å². The highest BCUT2D eigenvalue weighted by atomic mass is 32.2. The number of nitrogens with one attached hydrogen (secondary N) is 1. The van der Waals surface area contributed by atoms with E-state index in [-0.39, 0.29) is 16.8 Å². The van der Waals surface area contributed by atoms with E-state index < -0.39 is 10.0 Å². The number of ether oxygens (including phenoxy) is 1. The minimum absolute atomic E-state index is 0.136. The third-order valence-corrected chi connectivity index (χ3v) is 7.74. The highest BCUT2D eigenvalue weighted by molar-refractivity contribution is 7.89. The van der Waals surface area contributed by atoms with Crippen LogP contribution in [0.25, 0.3) is 0 Å². The number of sulfonamides is 1. The van der Waals surface area contributed by atoms with Gasteiger partial charge in [-0.05, 0) is 43.3 Å². The van der Waals surface area contributed by atoms with E-state index in [0.717, 1.165) is 19.5 Å². The summed E-state index contributed by atoms with van der Waals surface area (Å²) in [7, 11) is -3.65. The number of nitrogens with zero attached hydrogens (tertiary/aromatic N) is 2. The van der Waals surface area contributed by atoms with Crippen molar-refractivity contribution in [2.45, 2.75) is 31.2 Å². The van der Waals surface area contributed by atoms with Crippen molar-refractivity contribution in [3.63, 3.8) is 0 Å². The van der Waals surface area contributed by atoms with Crippen LogP contribution in [0.15, 0.2) is 59.5 Å². The van der Waals surface area contributed by atoms with Crippen molar-refractivity contribution in [3.8, 4) is 0 Å². The van der Waals surface area contributed by atoms with Crippen LogP contribution in [0, 0.1) is 0 Å². The molecule has 0 aliphatic carbocycles. The SMILES string of the molecule is CCN(CC)[C@@H](CNC(=O)c1cccc(S(=O)(=O)N2CCOCC2)c1)Cc1ccccc1. The number of carbonyl (C=O) groups excluding carboxylic acids is 1. The molecule has 1 N–H and O–H groups in total. The molecule has 32 heavy (non-hydrogen) atoms. The highest BCUT2D eigenvalue weighted by Gasteiger charge is 2.27. The standard InChI is InChI=1S/C24H33N3O4S/c1-3-26(4-2)22(17-20-9-6-5-7-10-20)19-25-24(28)21-11-8-12-23(18-21)32(29,30)27-13-15-31-16-14-27/h5-12,18,22H,3-4,13-17,19H2,1-2H3,(H,25,28)/t22-/m1/s1. The topological polar surface area (TPSA) is 79.0 Å². The Morgan fingerprint density at radius 1 is 1.06 bits per heavy atom. The van der Waals surface area contributed by atoms with E-state index in [0.29, 0.717) is 38.4 Å². The van der Waals surface area contributed by atoms with E-state index in [1.54, 1.807) is 12.1 Å². The number of rotatable bonds is 10. The maximum atomic E-state index is 12.9. The number of morpholine rings is 1. The van der Waals surface area contributed by atoms with Crippen LogP contribution in [0.3, 0.4) is 0 Å². The summed E-state index contributed by atoms with van der Waals surface area (Å²) < 4.78 is 32.5. The number of likely N-dealkylation sites (N-methyl/N-ethyl adjacent to an activating group) is 1. The van der Waals surface area contributed by atoms with E-state index in [1.807, 2.05) is 18.2 Å². The number of hydrogen-bond donors (Lipinski definition) is 1. The van der Waals surface area contributed by atoms with Gasteiger partial charge in [-0.3, -0.25) is 9.69 Å². The molecule has 0 bridgehead atoms. The van der Waals surface area contributed by atoms with E-state index in [9.17, 15) is 13.2 Å². The molecule has 8 heteroatoms. The molecule has 1 heterocycles. The molecule has 7 nitrogen and oxygen atoms in total. The number of carbonyl (C=O) groups is 1. The summed E-state index contributed by atoms with van der Waals surface area (Å²) in [6, 6.07) is 16.6. The molecular weight excluding hydrogens is 426 g/mol. The molecule has 174 valence electrons. The first-order valence-electron chi connectivity index (χ1n) is 11.2. The van der Waals surface area contributed by atoms with Crippen molar-refractivity contribution < 1.29 is 17.9 Å². The van der Waals surface area contributed by atoms with Gasteiger partial charge < -0.3 is 10.1 Å². The predicted molar refractivity (Wildman–Crippen MR) is 125 cm³/mol. The minimum Gasteiger partial charge on any atom is -0.379 e. The Morgan fingerprint density at radius 2 is 1.75 bits per heavy atom. The first kappa shape index (κ1) is 24.4. The molecule has 2 aromatic carbocycles. The van der Waals surface area contributed by atoms with Crippen LogP contribution in [0.4, 0.5) is 0 Å². The van der Waals surface area contributed by atoms with E-state index in [1.165, 1.54) is 22.0 Å². The summed E-state index contributed by atoms with van der Waals surface area (Å²) in [5.74, 6) is -0.269. The van der Waals surface area contributed by atoms with Gasteiger partial charge in [-0.25, -0.2) is 8.42 Å². The highest BCUT2D eigenvalue weighted by Crippen LogP contribution is 2.18. The lowest BCUT2D eigenvalue weighted by Gasteiger charge is -2.30. The average molecular weight is 460 g/mol. The lowest BCUT2D eigenvalue weighted by atomic mass is 10.0. The molecule has 1 fully saturated rings. The molecule has 1 atom stereocenters. The Bertz CT molecular complexity index is 972. The molecule has 2 aromatic rings. The van der Waals surface area contributed by atoms with Gasteiger partial charge in [-0.15, -0.1) is 0 Å². The Morgan fingerprint density at radius 3 is 2.41 bits per heavy atom. The van der Waals surface area contributed by atoms with Crippen LogP contribution in [-0.4, -0.2) is 75.5 Å². The van der Waals surface area contributed by atoms with Crippen molar-refractivity contribution in [2.75, 3.05) is 45.9 Å². The molecule has 0 saturated carbocycles. The second-order valence-electron chi connectivity index (χ2n) is 7.82. The van der Waals surface area contributed by atoms with Gasteiger partial charge in [-0.2, -0.15) is 4.31 Å². The Kier molecular flexibility index (Phi) is 8.81.